The first-order valence-electron chi connectivity index (χ1n) is 14.7. The maximum absolute atomic E-state index is 12.9. The molecule has 0 spiro atoms. The first-order valence-corrected chi connectivity index (χ1v) is 14.7. The fraction of sp³-hybridized carbons (Fsp3) is 0.935. The number of hydrogen-bond acceptors (Lipinski definition) is 3. The number of esters is 1. The van der Waals surface area contributed by atoms with Crippen LogP contribution in [0.4, 0.5) is 0 Å². The minimum atomic E-state index is -0.513. The van der Waals surface area contributed by atoms with E-state index >= 15 is 0 Å². The van der Waals surface area contributed by atoms with Crippen LogP contribution in [0.15, 0.2) is 0 Å². The summed E-state index contributed by atoms with van der Waals surface area (Å²) >= 11 is 0. The molecule has 0 aromatic rings. The van der Waals surface area contributed by atoms with E-state index in [0.717, 1.165) is 36.0 Å². The van der Waals surface area contributed by atoms with E-state index in [0.29, 0.717) is 23.7 Å². The molecule has 4 rings (SSSR count). The number of rotatable bonds is 7. The number of ketones is 1. The van der Waals surface area contributed by atoms with Crippen molar-refractivity contribution in [3.8, 4) is 0 Å². The van der Waals surface area contributed by atoms with Crippen LogP contribution in [0.2, 0.25) is 0 Å². The Balaban J connectivity index is 1.48. The van der Waals surface area contributed by atoms with Crippen molar-refractivity contribution in [2.75, 3.05) is 0 Å². The van der Waals surface area contributed by atoms with E-state index in [1.165, 1.54) is 57.8 Å². The molecule has 4 saturated carbocycles. The average Bonchev–Trinajstić information content (AvgIpc) is 3.11. The Kier molecular flexibility index (Phi) is 7.62. The van der Waals surface area contributed by atoms with Gasteiger partial charge in [-0.2, -0.15) is 0 Å². The molecule has 3 nitrogen and oxygen atoms in total. The molecule has 9 atom stereocenters. The number of hydrogen-bond donors (Lipinski definition) is 0. The molecule has 194 valence electrons. The minimum Gasteiger partial charge on any atom is -0.454 e. The topological polar surface area (TPSA) is 43.4 Å². The minimum absolute atomic E-state index is 0.140. The van der Waals surface area contributed by atoms with E-state index < -0.39 is 6.10 Å². The van der Waals surface area contributed by atoms with Crippen LogP contribution in [0, 0.1) is 58.2 Å². The lowest BCUT2D eigenvalue weighted by Crippen LogP contribution is -2.56. The first-order chi connectivity index (χ1) is 16.0. The largest absolute Gasteiger partial charge is 0.454 e. The van der Waals surface area contributed by atoms with Crippen molar-refractivity contribution < 1.29 is 14.3 Å². The van der Waals surface area contributed by atoms with E-state index in [9.17, 15) is 9.59 Å². The molecule has 4 aliphatic carbocycles. The molecule has 4 aliphatic rings. The van der Waals surface area contributed by atoms with E-state index in [1.807, 2.05) is 13.8 Å². The maximum Gasteiger partial charge on any atom is 0.309 e. The Morgan fingerprint density at radius 3 is 2.32 bits per heavy atom. The Morgan fingerprint density at radius 2 is 1.65 bits per heavy atom. The van der Waals surface area contributed by atoms with Crippen LogP contribution in [0.5, 0.6) is 0 Å². The number of carbonyl (C=O) groups excluding carboxylic acids is 2. The van der Waals surface area contributed by atoms with Gasteiger partial charge in [-0.3, -0.25) is 9.59 Å². The van der Waals surface area contributed by atoms with Crippen LogP contribution in [0.25, 0.3) is 0 Å². The van der Waals surface area contributed by atoms with Crippen molar-refractivity contribution >= 4 is 11.8 Å². The third-order valence-electron chi connectivity index (χ3n) is 11.4. The molecule has 0 unspecified atom stereocenters. The summed E-state index contributed by atoms with van der Waals surface area (Å²) in [4.78, 5) is 25.2. The van der Waals surface area contributed by atoms with Crippen molar-refractivity contribution in [1.29, 1.82) is 0 Å². The molecule has 0 aliphatic heterocycles. The van der Waals surface area contributed by atoms with Gasteiger partial charge in [0.25, 0.3) is 0 Å². The summed E-state index contributed by atoms with van der Waals surface area (Å²) in [6.07, 6.45) is 13.0. The highest BCUT2D eigenvalue weighted by Gasteiger charge is 2.61. The van der Waals surface area contributed by atoms with Gasteiger partial charge in [0.15, 0.2) is 11.9 Å². The van der Waals surface area contributed by atoms with Gasteiger partial charge in [-0.05, 0) is 97.2 Å². The monoisotopic (exact) mass is 472 g/mol. The van der Waals surface area contributed by atoms with Crippen LogP contribution < -0.4 is 0 Å². The van der Waals surface area contributed by atoms with Crippen molar-refractivity contribution in [2.24, 2.45) is 58.2 Å². The molecule has 0 aromatic carbocycles. The molecular formula is C31H52O3. The Morgan fingerprint density at radius 1 is 0.941 bits per heavy atom. The van der Waals surface area contributed by atoms with Gasteiger partial charge < -0.3 is 4.74 Å². The smallest absolute Gasteiger partial charge is 0.309 e. The molecule has 0 amide bonds. The van der Waals surface area contributed by atoms with Gasteiger partial charge in [0.05, 0.1) is 5.92 Å². The zero-order valence-electron chi connectivity index (χ0n) is 23.2. The zero-order valence-corrected chi connectivity index (χ0v) is 23.2. The molecule has 0 heterocycles. The van der Waals surface area contributed by atoms with Crippen molar-refractivity contribution in [3.05, 3.63) is 0 Å². The van der Waals surface area contributed by atoms with Crippen molar-refractivity contribution in [2.45, 2.75) is 125 Å². The van der Waals surface area contributed by atoms with Gasteiger partial charge in [-0.15, -0.1) is 0 Å². The van der Waals surface area contributed by atoms with Crippen LogP contribution in [0.1, 0.15) is 119 Å². The first kappa shape index (κ1) is 26.2. The number of fused-ring (bicyclic) bond motifs is 5. The van der Waals surface area contributed by atoms with Gasteiger partial charge in [-0.25, -0.2) is 0 Å². The quantitative estimate of drug-likeness (QED) is 0.354. The highest BCUT2D eigenvalue weighted by Crippen LogP contribution is 2.68. The highest BCUT2D eigenvalue weighted by atomic mass is 16.5. The highest BCUT2D eigenvalue weighted by molar-refractivity contribution is 5.87. The molecule has 0 saturated heterocycles. The predicted octanol–water partition coefficient (Wildman–Crippen LogP) is 7.85. The fourth-order valence-corrected chi connectivity index (χ4v) is 9.48. The number of carbonyl (C=O) groups is 2. The maximum atomic E-state index is 12.9. The molecule has 0 N–H and O–H groups in total. The summed E-state index contributed by atoms with van der Waals surface area (Å²) in [5.41, 5.74) is 0.636. The average molecular weight is 473 g/mol. The van der Waals surface area contributed by atoms with Crippen LogP contribution in [-0.2, 0) is 14.3 Å². The second-order valence-corrected chi connectivity index (χ2v) is 14.1. The van der Waals surface area contributed by atoms with E-state index in [4.69, 9.17) is 4.74 Å². The van der Waals surface area contributed by atoms with Crippen LogP contribution in [-0.4, -0.2) is 17.9 Å². The zero-order chi connectivity index (χ0) is 24.8. The normalized spacial score (nSPS) is 42.8. The summed E-state index contributed by atoms with van der Waals surface area (Å²) in [6, 6.07) is 0. The molecule has 4 fully saturated rings. The summed E-state index contributed by atoms with van der Waals surface area (Å²) in [5, 5.41) is 0. The SMILES string of the molecule is CC(C)CCC[C@@H](C)[C@H]1CC[C@H]2[C@@H]3CC[C@@H]4CC(=O)[C@@H](OC(=O)C(C)C)C[C@]4(C)[C@H]3CC[C@]12C. The second kappa shape index (κ2) is 9.89. The van der Waals surface area contributed by atoms with E-state index in [2.05, 4.69) is 34.6 Å². The van der Waals surface area contributed by atoms with Gasteiger partial charge >= 0.3 is 5.97 Å². The third-order valence-corrected chi connectivity index (χ3v) is 11.4. The lowest BCUT2D eigenvalue weighted by Gasteiger charge is -2.61. The molecule has 0 bridgehead atoms. The molecular weight excluding hydrogens is 420 g/mol. The van der Waals surface area contributed by atoms with Crippen molar-refractivity contribution in [3.63, 3.8) is 0 Å². The molecule has 3 heteroatoms. The summed E-state index contributed by atoms with van der Waals surface area (Å²) in [6.45, 7) is 16.1. The summed E-state index contributed by atoms with van der Waals surface area (Å²) in [5.74, 6) is 5.12. The Hall–Kier alpha value is -0.860. The van der Waals surface area contributed by atoms with Gasteiger partial charge in [0.2, 0.25) is 0 Å². The summed E-state index contributed by atoms with van der Waals surface area (Å²) < 4.78 is 5.78. The number of ether oxygens (including phenoxy) is 1. The summed E-state index contributed by atoms with van der Waals surface area (Å²) in [7, 11) is 0. The van der Waals surface area contributed by atoms with Gasteiger partial charge in [0, 0.05) is 6.42 Å². The lowest BCUT2D eigenvalue weighted by atomic mass is 9.44. The van der Waals surface area contributed by atoms with Crippen LogP contribution >= 0.6 is 0 Å². The van der Waals surface area contributed by atoms with Crippen molar-refractivity contribution in [1.82, 2.24) is 0 Å². The predicted molar refractivity (Wildman–Crippen MR) is 138 cm³/mol. The lowest BCUT2D eigenvalue weighted by molar-refractivity contribution is -0.175. The Labute approximate surface area is 209 Å². The molecule has 34 heavy (non-hydrogen) atoms. The molecule has 0 radical (unpaired) electrons. The van der Waals surface area contributed by atoms with Crippen LogP contribution in [0.3, 0.4) is 0 Å². The van der Waals surface area contributed by atoms with Gasteiger partial charge in [0.1, 0.15) is 0 Å². The fourth-order valence-electron chi connectivity index (χ4n) is 9.48. The number of Topliss-reactive ketones (excluding diaryl/α,β-unsaturated/α-hetero) is 1. The molecule has 0 aromatic heterocycles. The van der Waals surface area contributed by atoms with E-state index in [1.54, 1.807) is 0 Å². The van der Waals surface area contributed by atoms with Gasteiger partial charge in [-0.1, -0.05) is 67.7 Å². The van der Waals surface area contributed by atoms with E-state index in [-0.39, 0.29) is 23.1 Å². The third kappa shape index (κ3) is 4.63. The Bertz CT molecular complexity index is 756. The standard InChI is InChI=1S/C31H52O3/c1-19(2)9-8-10-21(5)24-13-14-25-23-12-11-22-17-27(32)28(34-29(33)20(3)4)18-31(22,7)26(23)15-16-30(24,25)6/h19-26,28H,8-18H2,1-7H3/t21-,22-,23+,24-,25+,26+,28+,30-,31+/m1/s1. The second-order valence-electron chi connectivity index (χ2n) is 14.1.